The lowest BCUT2D eigenvalue weighted by atomic mass is 10.2. The van der Waals surface area contributed by atoms with Crippen LogP contribution in [-0.2, 0) is 11.4 Å². The molecule has 2 heterocycles. The van der Waals surface area contributed by atoms with Gasteiger partial charge in [0.25, 0.3) is 0 Å². The maximum absolute atomic E-state index is 13.7. The molecule has 178 valence electrons. The van der Waals surface area contributed by atoms with Crippen molar-refractivity contribution in [2.75, 3.05) is 5.32 Å². The standard InChI is InChI=1S/C29H24N4O3/c1-3-28(34)31-22-5-4-6-24(17-22)33-26-15-16-30-18-27(26)32(29(33)35)23-11-13-25(14-12-23)36-19-21-9-7-20(2)8-10-21/h3-18H,1,19H2,2H3,(H,31,34). The Balaban J connectivity index is 1.49. The van der Waals surface area contributed by atoms with E-state index in [1.807, 2.05) is 42.5 Å². The number of imidazole rings is 1. The van der Waals surface area contributed by atoms with E-state index in [0.717, 1.165) is 5.56 Å². The van der Waals surface area contributed by atoms with Crippen molar-refractivity contribution >= 4 is 22.6 Å². The molecule has 0 aliphatic heterocycles. The molecule has 0 bridgehead atoms. The Hall–Kier alpha value is -4.91. The molecule has 1 amide bonds. The molecular weight excluding hydrogens is 452 g/mol. The number of nitrogens with one attached hydrogen (secondary N) is 1. The van der Waals surface area contributed by atoms with Crippen LogP contribution in [0.5, 0.6) is 5.75 Å². The van der Waals surface area contributed by atoms with Crippen molar-refractivity contribution in [3.63, 3.8) is 0 Å². The minimum Gasteiger partial charge on any atom is -0.489 e. The number of hydrogen-bond acceptors (Lipinski definition) is 4. The lowest BCUT2D eigenvalue weighted by molar-refractivity contribution is -0.111. The minimum atomic E-state index is -0.323. The second-order valence-electron chi connectivity index (χ2n) is 8.33. The Kier molecular flexibility index (Phi) is 6.19. The summed E-state index contributed by atoms with van der Waals surface area (Å²) in [4.78, 5) is 29.6. The molecule has 0 aliphatic rings. The highest BCUT2D eigenvalue weighted by molar-refractivity contribution is 5.99. The number of ether oxygens (including phenoxy) is 1. The molecular formula is C29H24N4O3. The summed E-state index contributed by atoms with van der Waals surface area (Å²) in [7, 11) is 0. The van der Waals surface area contributed by atoms with Crippen molar-refractivity contribution in [1.29, 1.82) is 0 Å². The molecule has 0 unspecified atom stereocenters. The van der Waals surface area contributed by atoms with Gasteiger partial charge in [0.2, 0.25) is 5.91 Å². The number of anilines is 1. The van der Waals surface area contributed by atoms with Crippen LogP contribution in [0.1, 0.15) is 11.1 Å². The third-order valence-corrected chi connectivity index (χ3v) is 5.82. The highest BCUT2D eigenvalue weighted by atomic mass is 16.5. The van der Waals surface area contributed by atoms with Gasteiger partial charge in [-0.25, -0.2) is 4.79 Å². The highest BCUT2D eigenvalue weighted by Crippen LogP contribution is 2.23. The van der Waals surface area contributed by atoms with Crippen LogP contribution in [0.4, 0.5) is 5.69 Å². The largest absolute Gasteiger partial charge is 0.489 e. The van der Waals surface area contributed by atoms with Crippen molar-refractivity contribution < 1.29 is 9.53 Å². The fourth-order valence-electron chi connectivity index (χ4n) is 4.00. The van der Waals surface area contributed by atoms with Gasteiger partial charge in [0.15, 0.2) is 0 Å². The van der Waals surface area contributed by atoms with Gasteiger partial charge >= 0.3 is 5.69 Å². The summed E-state index contributed by atoms with van der Waals surface area (Å²) in [5.41, 5.74) is 5.27. The summed E-state index contributed by atoms with van der Waals surface area (Å²) in [6.45, 7) is 5.99. The third-order valence-electron chi connectivity index (χ3n) is 5.82. The van der Waals surface area contributed by atoms with E-state index < -0.39 is 0 Å². The van der Waals surface area contributed by atoms with Crippen LogP contribution in [0.25, 0.3) is 22.4 Å². The van der Waals surface area contributed by atoms with E-state index in [1.165, 1.54) is 11.6 Å². The minimum absolute atomic E-state index is 0.251. The summed E-state index contributed by atoms with van der Waals surface area (Å²) in [6, 6.07) is 24.5. The Labute approximate surface area is 207 Å². The highest BCUT2D eigenvalue weighted by Gasteiger charge is 2.16. The first-order valence-electron chi connectivity index (χ1n) is 11.4. The normalized spacial score (nSPS) is 10.8. The number of benzene rings is 3. The Morgan fingerprint density at radius 1 is 0.972 bits per heavy atom. The van der Waals surface area contributed by atoms with E-state index in [9.17, 15) is 9.59 Å². The molecule has 3 aromatic carbocycles. The molecule has 0 radical (unpaired) electrons. The first kappa shape index (κ1) is 22.9. The molecule has 0 saturated carbocycles. The number of pyridine rings is 1. The molecule has 5 rings (SSSR count). The first-order valence-corrected chi connectivity index (χ1v) is 11.4. The number of hydrogen-bond donors (Lipinski definition) is 1. The van der Waals surface area contributed by atoms with Gasteiger partial charge in [0.1, 0.15) is 12.4 Å². The second kappa shape index (κ2) is 9.76. The number of aromatic nitrogens is 3. The van der Waals surface area contributed by atoms with Crippen LogP contribution < -0.4 is 15.7 Å². The van der Waals surface area contributed by atoms with Gasteiger partial charge in [-0.1, -0.05) is 42.5 Å². The van der Waals surface area contributed by atoms with Crippen molar-refractivity contribution in [2.24, 2.45) is 0 Å². The van der Waals surface area contributed by atoms with Crippen LogP contribution in [0.15, 0.2) is 109 Å². The van der Waals surface area contributed by atoms with Crippen molar-refractivity contribution in [1.82, 2.24) is 14.1 Å². The smallest absolute Gasteiger partial charge is 0.338 e. The van der Waals surface area contributed by atoms with E-state index in [2.05, 4.69) is 35.9 Å². The number of nitrogens with zero attached hydrogens (tertiary/aromatic N) is 3. The summed E-state index contributed by atoms with van der Waals surface area (Å²) < 4.78 is 9.13. The Morgan fingerprint density at radius 2 is 1.72 bits per heavy atom. The third kappa shape index (κ3) is 4.54. The molecule has 0 fully saturated rings. The zero-order valence-corrected chi connectivity index (χ0v) is 19.7. The topological polar surface area (TPSA) is 78.2 Å². The molecule has 0 saturated heterocycles. The van der Waals surface area contributed by atoms with Gasteiger partial charge in [0, 0.05) is 11.9 Å². The number of carbonyl (C=O) groups excluding carboxylic acids is 1. The van der Waals surface area contributed by atoms with Crippen molar-refractivity contribution in [3.8, 4) is 17.1 Å². The van der Waals surface area contributed by atoms with Crippen LogP contribution in [0.2, 0.25) is 0 Å². The molecule has 5 aromatic rings. The zero-order valence-electron chi connectivity index (χ0n) is 19.7. The van der Waals surface area contributed by atoms with Crippen molar-refractivity contribution in [2.45, 2.75) is 13.5 Å². The summed E-state index contributed by atoms with van der Waals surface area (Å²) in [5, 5.41) is 2.73. The van der Waals surface area contributed by atoms with Crippen LogP contribution in [0, 0.1) is 6.92 Å². The van der Waals surface area contributed by atoms with E-state index in [-0.39, 0.29) is 11.6 Å². The molecule has 0 aliphatic carbocycles. The number of carbonyl (C=O) groups is 1. The lowest BCUT2D eigenvalue weighted by Crippen LogP contribution is -2.22. The van der Waals surface area contributed by atoms with Crippen LogP contribution in [-0.4, -0.2) is 20.0 Å². The molecule has 7 heteroatoms. The quantitative estimate of drug-likeness (QED) is 0.328. The summed E-state index contributed by atoms with van der Waals surface area (Å²) in [5.74, 6) is 0.385. The van der Waals surface area contributed by atoms with Gasteiger partial charge < -0.3 is 10.1 Å². The molecule has 0 spiro atoms. The Morgan fingerprint density at radius 3 is 2.47 bits per heavy atom. The number of rotatable bonds is 7. The van der Waals surface area contributed by atoms with Gasteiger partial charge in [-0.2, -0.15) is 0 Å². The van der Waals surface area contributed by atoms with Gasteiger partial charge in [-0.3, -0.25) is 18.9 Å². The maximum atomic E-state index is 13.7. The first-order chi connectivity index (χ1) is 17.5. The number of amides is 1. The van der Waals surface area contributed by atoms with Crippen LogP contribution in [0.3, 0.4) is 0 Å². The average molecular weight is 477 g/mol. The fourth-order valence-corrected chi connectivity index (χ4v) is 4.00. The van der Waals surface area contributed by atoms with Gasteiger partial charge in [-0.15, -0.1) is 0 Å². The molecule has 0 atom stereocenters. The Bertz CT molecular complexity index is 1610. The maximum Gasteiger partial charge on any atom is 0.338 e. The molecule has 2 aromatic heterocycles. The van der Waals surface area contributed by atoms with E-state index in [4.69, 9.17) is 4.74 Å². The average Bonchev–Trinajstić information content (AvgIpc) is 3.20. The molecule has 36 heavy (non-hydrogen) atoms. The zero-order chi connectivity index (χ0) is 25.1. The lowest BCUT2D eigenvalue weighted by Gasteiger charge is -2.09. The van der Waals surface area contributed by atoms with E-state index in [0.29, 0.717) is 40.5 Å². The van der Waals surface area contributed by atoms with Gasteiger partial charge in [-0.05, 0) is 67.1 Å². The van der Waals surface area contributed by atoms with Gasteiger partial charge in [0.05, 0.1) is 28.6 Å². The predicted octanol–water partition coefficient (Wildman–Crippen LogP) is 5.19. The molecule has 7 nitrogen and oxygen atoms in total. The monoisotopic (exact) mass is 476 g/mol. The van der Waals surface area contributed by atoms with Crippen molar-refractivity contribution in [3.05, 3.63) is 126 Å². The SMILES string of the molecule is C=CC(=O)Nc1cccc(-n2c(=O)n(-c3ccc(OCc4ccc(C)cc4)cc3)c3cnccc32)c1. The number of aryl methyl sites for hydroxylation is 1. The second-order valence-corrected chi connectivity index (χ2v) is 8.33. The summed E-state index contributed by atoms with van der Waals surface area (Å²) >= 11 is 0. The molecule has 1 N–H and O–H groups in total. The number of fused-ring (bicyclic) bond motifs is 1. The van der Waals surface area contributed by atoms with E-state index >= 15 is 0 Å². The fraction of sp³-hybridized carbons (Fsp3) is 0.0690. The van der Waals surface area contributed by atoms with Crippen LogP contribution >= 0.6 is 0 Å². The van der Waals surface area contributed by atoms with E-state index in [1.54, 1.807) is 45.8 Å². The predicted molar refractivity (Wildman–Crippen MR) is 141 cm³/mol. The summed E-state index contributed by atoms with van der Waals surface area (Å²) in [6.07, 6.45) is 4.51.